The second-order valence-corrected chi connectivity index (χ2v) is 4.99. The predicted octanol–water partition coefficient (Wildman–Crippen LogP) is 3.32. The molecule has 0 aliphatic heterocycles. The fourth-order valence-electron chi connectivity index (χ4n) is 1.62. The SMILES string of the molecule is CCOC(c1nc(C)c(Br)c(NC)n1)C(C)C. The largest absolute Gasteiger partial charge is 0.372 e. The third kappa shape index (κ3) is 3.39. The molecule has 0 radical (unpaired) electrons. The maximum absolute atomic E-state index is 5.72. The summed E-state index contributed by atoms with van der Waals surface area (Å²) in [5, 5.41) is 3.06. The van der Waals surface area contributed by atoms with E-state index in [1.54, 1.807) is 0 Å². The molecule has 5 heteroatoms. The van der Waals surface area contributed by atoms with Gasteiger partial charge in [-0.2, -0.15) is 0 Å². The summed E-state index contributed by atoms with van der Waals surface area (Å²) in [5.74, 6) is 1.89. The van der Waals surface area contributed by atoms with Crippen LogP contribution in [-0.2, 0) is 4.74 Å². The van der Waals surface area contributed by atoms with E-state index in [-0.39, 0.29) is 6.10 Å². The summed E-state index contributed by atoms with van der Waals surface area (Å²) in [7, 11) is 1.85. The fourth-order valence-corrected chi connectivity index (χ4v) is 1.99. The van der Waals surface area contributed by atoms with E-state index in [1.165, 1.54) is 0 Å². The maximum atomic E-state index is 5.72. The average Bonchev–Trinajstić information content (AvgIpc) is 2.29. The van der Waals surface area contributed by atoms with Crippen LogP contribution in [0.15, 0.2) is 4.47 Å². The Hall–Kier alpha value is -0.680. The Bertz CT molecular complexity index is 382. The zero-order valence-electron chi connectivity index (χ0n) is 11.0. The van der Waals surface area contributed by atoms with Crippen molar-refractivity contribution in [1.29, 1.82) is 0 Å². The molecule has 1 unspecified atom stereocenters. The molecule has 96 valence electrons. The summed E-state index contributed by atoms with van der Waals surface area (Å²) < 4.78 is 6.62. The summed E-state index contributed by atoms with van der Waals surface area (Å²) in [6.07, 6.45) is -0.0566. The molecule has 17 heavy (non-hydrogen) atoms. The monoisotopic (exact) mass is 301 g/mol. The van der Waals surface area contributed by atoms with Gasteiger partial charge < -0.3 is 10.1 Å². The minimum Gasteiger partial charge on any atom is -0.372 e. The Labute approximate surface area is 111 Å². The van der Waals surface area contributed by atoms with Gasteiger partial charge in [-0.15, -0.1) is 0 Å². The van der Waals surface area contributed by atoms with Crippen LogP contribution in [0.25, 0.3) is 0 Å². The number of anilines is 1. The molecule has 0 aliphatic rings. The Morgan fingerprint density at radius 2 is 2.00 bits per heavy atom. The first-order chi connectivity index (χ1) is 8.01. The number of nitrogens with one attached hydrogen (secondary N) is 1. The van der Waals surface area contributed by atoms with Crippen molar-refractivity contribution in [3.8, 4) is 0 Å². The first kappa shape index (κ1) is 14.4. The second-order valence-electron chi connectivity index (χ2n) is 4.20. The molecular formula is C12H20BrN3O. The third-order valence-corrected chi connectivity index (χ3v) is 3.43. The Morgan fingerprint density at radius 3 is 2.47 bits per heavy atom. The van der Waals surface area contributed by atoms with Gasteiger partial charge in [-0.25, -0.2) is 9.97 Å². The topological polar surface area (TPSA) is 47.0 Å². The third-order valence-electron chi connectivity index (χ3n) is 2.48. The molecule has 4 nitrogen and oxygen atoms in total. The smallest absolute Gasteiger partial charge is 0.160 e. The lowest BCUT2D eigenvalue weighted by Gasteiger charge is -2.20. The summed E-state index contributed by atoms with van der Waals surface area (Å²) in [6.45, 7) is 8.83. The van der Waals surface area contributed by atoms with Crippen molar-refractivity contribution in [1.82, 2.24) is 9.97 Å². The van der Waals surface area contributed by atoms with Gasteiger partial charge in [0.2, 0.25) is 0 Å². The Kier molecular flexibility index (Phi) is 5.33. The van der Waals surface area contributed by atoms with Crippen molar-refractivity contribution in [2.24, 2.45) is 5.92 Å². The van der Waals surface area contributed by atoms with Crippen LogP contribution in [0.4, 0.5) is 5.82 Å². The molecule has 1 heterocycles. The van der Waals surface area contributed by atoms with Crippen LogP contribution >= 0.6 is 15.9 Å². The van der Waals surface area contributed by atoms with Gasteiger partial charge in [0.25, 0.3) is 0 Å². The molecule has 0 saturated carbocycles. The van der Waals surface area contributed by atoms with Gasteiger partial charge in [-0.1, -0.05) is 13.8 Å². The van der Waals surface area contributed by atoms with E-state index in [4.69, 9.17) is 4.74 Å². The quantitative estimate of drug-likeness (QED) is 0.906. The van der Waals surface area contributed by atoms with E-state index >= 15 is 0 Å². The first-order valence-electron chi connectivity index (χ1n) is 5.84. The molecule has 0 bridgehead atoms. The molecule has 0 amide bonds. The summed E-state index contributed by atoms with van der Waals surface area (Å²) in [4.78, 5) is 9.00. The zero-order valence-corrected chi connectivity index (χ0v) is 12.6. The molecule has 1 aromatic rings. The molecule has 1 rings (SSSR count). The highest BCUT2D eigenvalue weighted by molar-refractivity contribution is 9.10. The summed E-state index contributed by atoms with van der Waals surface area (Å²) >= 11 is 3.47. The number of rotatable bonds is 5. The highest BCUT2D eigenvalue weighted by Gasteiger charge is 2.21. The van der Waals surface area contributed by atoms with Gasteiger partial charge in [0.15, 0.2) is 5.82 Å². The number of hydrogen-bond acceptors (Lipinski definition) is 4. The lowest BCUT2D eigenvalue weighted by atomic mass is 10.1. The van der Waals surface area contributed by atoms with Gasteiger partial charge in [0, 0.05) is 13.7 Å². The van der Waals surface area contributed by atoms with Crippen molar-refractivity contribution >= 4 is 21.7 Å². The predicted molar refractivity (Wildman–Crippen MR) is 73.2 cm³/mol. The molecule has 0 saturated heterocycles. The molecule has 0 spiro atoms. The van der Waals surface area contributed by atoms with E-state index in [9.17, 15) is 0 Å². The van der Waals surface area contributed by atoms with E-state index in [1.807, 2.05) is 20.9 Å². The van der Waals surface area contributed by atoms with Gasteiger partial charge in [-0.3, -0.25) is 0 Å². The van der Waals surface area contributed by atoms with Crippen molar-refractivity contribution in [2.75, 3.05) is 19.0 Å². The molecular weight excluding hydrogens is 282 g/mol. The van der Waals surface area contributed by atoms with Crippen LogP contribution in [0.1, 0.15) is 38.4 Å². The number of aromatic nitrogens is 2. The van der Waals surface area contributed by atoms with Crippen LogP contribution in [0.2, 0.25) is 0 Å². The van der Waals surface area contributed by atoms with Crippen molar-refractivity contribution in [3.05, 3.63) is 16.0 Å². The van der Waals surface area contributed by atoms with Crippen LogP contribution < -0.4 is 5.32 Å². The number of nitrogens with zero attached hydrogens (tertiary/aromatic N) is 2. The van der Waals surface area contributed by atoms with Crippen LogP contribution in [0.5, 0.6) is 0 Å². The van der Waals surface area contributed by atoms with Gasteiger partial charge in [-0.05, 0) is 35.7 Å². The lowest BCUT2D eigenvalue weighted by Crippen LogP contribution is -2.16. The first-order valence-corrected chi connectivity index (χ1v) is 6.63. The number of hydrogen-bond donors (Lipinski definition) is 1. The van der Waals surface area contributed by atoms with Crippen LogP contribution in [0, 0.1) is 12.8 Å². The lowest BCUT2D eigenvalue weighted by molar-refractivity contribution is 0.0231. The van der Waals surface area contributed by atoms with E-state index in [0.717, 1.165) is 21.8 Å². The standard InChI is InChI=1S/C12H20BrN3O/c1-6-17-10(7(2)3)12-15-8(4)9(13)11(14-5)16-12/h7,10H,6H2,1-5H3,(H,14,15,16). The van der Waals surface area contributed by atoms with Gasteiger partial charge in [0.1, 0.15) is 11.9 Å². The minimum atomic E-state index is -0.0566. The number of ether oxygens (including phenoxy) is 1. The molecule has 1 aromatic heterocycles. The van der Waals surface area contributed by atoms with Crippen molar-refractivity contribution in [2.45, 2.75) is 33.8 Å². The Balaban J connectivity index is 3.15. The minimum absolute atomic E-state index is 0.0566. The normalized spacial score (nSPS) is 12.9. The molecule has 1 atom stereocenters. The number of aryl methyl sites for hydroxylation is 1. The van der Waals surface area contributed by atoms with Gasteiger partial charge >= 0.3 is 0 Å². The molecule has 0 fully saturated rings. The number of halogens is 1. The van der Waals surface area contributed by atoms with E-state index < -0.39 is 0 Å². The molecule has 0 aromatic carbocycles. The highest BCUT2D eigenvalue weighted by Crippen LogP contribution is 2.28. The summed E-state index contributed by atoms with van der Waals surface area (Å²) in [6, 6.07) is 0. The molecule has 1 N–H and O–H groups in total. The van der Waals surface area contributed by atoms with Crippen LogP contribution in [0.3, 0.4) is 0 Å². The highest BCUT2D eigenvalue weighted by atomic mass is 79.9. The fraction of sp³-hybridized carbons (Fsp3) is 0.667. The van der Waals surface area contributed by atoms with E-state index in [2.05, 4.69) is 45.1 Å². The van der Waals surface area contributed by atoms with Gasteiger partial charge in [0.05, 0.1) is 10.2 Å². The second kappa shape index (κ2) is 6.31. The average molecular weight is 302 g/mol. The van der Waals surface area contributed by atoms with E-state index in [0.29, 0.717) is 12.5 Å². The van der Waals surface area contributed by atoms with Crippen molar-refractivity contribution in [3.63, 3.8) is 0 Å². The zero-order chi connectivity index (χ0) is 13.0. The summed E-state index contributed by atoms with van der Waals surface area (Å²) in [5.41, 5.74) is 0.921. The maximum Gasteiger partial charge on any atom is 0.160 e. The Morgan fingerprint density at radius 1 is 1.35 bits per heavy atom. The molecule has 0 aliphatic carbocycles. The van der Waals surface area contributed by atoms with Crippen molar-refractivity contribution < 1.29 is 4.74 Å². The van der Waals surface area contributed by atoms with Crippen LogP contribution in [-0.4, -0.2) is 23.6 Å².